The van der Waals surface area contributed by atoms with Gasteiger partial charge in [-0.25, -0.2) is 0 Å². The van der Waals surface area contributed by atoms with Gasteiger partial charge in [-0.1, -0.05) is 12.1 Å². The molecule has 140 valence electrons. The number of carbonyl (C=O) groups is 2. The zero-order valence-corrected chi connectivity index (χ0v) is 16.4. The van der Waals surface area contributed by atoms with Gasteiger partial charge in [-0.15, -0.1) is 12.4 Å². The largest absolute Gasteiger partial charge is 0.339 e. The van der Waals surface area contributed by atoms with Crippen LogP contribution in [0.4, 0.5) is 5.69 Å². The van der Waals surface area contributed by atoms with E-state index in [9.17, 15) is 9.59 Å². The van der Waals surface area contributed by atoms with Gasteiger partial charge >= 0.3 is 0 Å². The number of nitrogens with one attached hydrogen (secondary N) is 2. The minimum atomic E-state index is -0.186. The second-order valence-electron chi connectivity index (χ2n) is 6.30. The standard InChI is InChI=1S/C19H23N3O2S.ClH/c1-20-12-14-6-9-22(10-7-14)19(24)16-4-2-3-5-17(16)21-18(23)15-8-11-25-13-15;/h2-5,8,11,13-14,20H,6-7,9-10,12H2,1H3,(H,21,23);1H. The predicted molar refractivity (Wildman–Crippen MR) is 109 cm³/mol. The van der Waals surface area contributed by atoms with Crippen molar-refractivity contribution in [2.45, 2.75) is 12.8 Å². The Bertz CT molecular complexity index is 728. The van der Waals surface area contributed by atoms with Gasteiger partial charge in [0.15, 0.2) is 0 Å². The number of rotatable bonds is 5. The third-order valence-corrected chi connectivity index (χ3v) is 5.27. The van der Waals surface area contributed by atoms with Gasteiger partial charge in [-0.2, -0.15) is 11.3 Å². The van der Waals surface area contributed by atoms with E-state index in [0.29, 0.717) is 22.7 Å². The van der Waals surface area contributed by atoms with Crippen LogP contribution < -0.4 is 10.6 Å². The molecule has 0 bridgehead atoms. The van der Waals surface area contributed by atoms with E-state index in [2.05, 4.69) is 10.6 Å². The van der Waals surface area contributed by atoms with Crippen LogP contribution in [0.2, 0.25) is 0 Å². The second-order valence-corrected chi connectivity index (χ2v) is 7.09. The van der Waals surface area contributed by atoms with Gasteiger partial charge in [0, 0.05) is 18.5 Å². The van der Waals surface area contributed by atoms with Crippen LogP contribution in [0.25, 0.3) is 0 Å². The molecule has 0 saturated carbocycles. The molecule has 7 heteroatoms. The molecule has 2 heterocycles. The number of halogens is 1. The lowest BCUT2D eigenvalue weighted by Gasteiger charge is -2.32. The van der Waals surface area contributed by atoms with Gasteiger partial charge in [0.2, 0.25) is 0 Å². The highest BCUT2D eigenvalue weighted by molar-refractivity contribution is 7.08. The number of hydrogen-bond acceptors (Lipinski definition) is 4. The highest BCUT2D eigenvalue weighted by Crippen LogP contribution is 2.23. The van der Waals surface area contributed by atoms with Crippen molar-refractivity contribution >= 4 is 41.2 Å². The van der Waals surface area contributed by atoms with Crippen LogP contribution in [0.15, 0.2) is 41.1 Å². The lowest BCUT2D eigenvalue weighted by molar-refractivity contribution is 0.0692. The lowest BCUT2D eigenvalue weighted by atomic mass is 9.96. The number of hydrogen-bond donors (Lipinski definition) is 2. The molecule has 0 radical (unpaired) electrons. The van der Waals surface area contributed by atoms with E-state index in [-0.39, 0.29) is 24.2 Å². The van der Waals surface area contributed by atoms with Crippen LogP contribution in [-0.4, -0.2) is 43.4 Å². The molecule has 0 aliphatic carbocycles. The average Bonchev–Trinajstić information content (AvgIpc) is 3.17. The first-order valence-corrected chi connectivity index (χ1v) is 9.49. The van der Waals surface area contributed by atoms with Crippen LogP contribution in [0.5, 0.6) is 0 Å². The van der Waals surface area contributed by atoms with E-state index in [1.165, 1.54) is 11.3 Å². The number of para-hydroxylation sites is 1. The zero-order valence-electron chi connectivity index (χ0n) is 14.7. The Hall–Kier alpha value is -1.89. The van der Waals surface area contributed by atoms with Crippen molar-refractivity contribution in [2.24, 2.45) is 5.92 Å². The fourth-order valence-electron chi connectivity index (χ4n) is 3.17. The molecule has 0 unspecified atom stereocenters. The summed E-state index contributed by atoms with van der Waals surface area (Å²) in [6.45, 7) is 2.52. The van der Waals surface area contributed by atoms with Crippen LogP contribution in [-0.2, 0) is 0 Å². The first-order chi connectivity index (χ1) is 12.2. The molecule has 1 fully saturated rings. The number of carbonyl (C=O) groups excluding carboxylic acids is 2. The summed E-state index contributed by atoms with van der Waals surface area (Å²) in [6.07, 6.45) is 2.02. The number of anilines is 1. The molecular weight excluding hydrogens is 370 g/mol. The average molecular weight is 394 g/mol. The Labute approximate surface area is 164 Å². The molecule has 2 amide bonds. The molecule has 0 atom stereocenters. The van der Waals surface area contributed by atoms with Crippen molar-refractivity contribution < 1.29 is 9.59 Å². The monoisotopic (exact) mass is 393 g/mol. The van der Waals surface area contributed by atoms with Crippen molar-refractivity contribution in [3.8, 4) is 0 Å². The summed E-state index contributed by atoms with van der Waals surface area (Å²) in [5, 5.41) is 9.74. The Morgan fingerprint density at radius 2 is 1.92 bits per heavy atom. The molecule has 1 aliphatic heterocycles. The first kappa shape index (κ1) is 20.4. The van der Waals surface area contributed by atoms with E-state index in [4.69, 9.17) is 0 Å². The van der Waals surface area contributed by atoms with Gasteiger partial charge in [0.05, 0.1) is 16.8 Å². The maximum absolute atomic E-state index is 12.9. The molecule has 3 rings (SSSR count). The fraction of sp³-hybridized carbons (Fsp3) is 0.368. The Morgan fingerprint density at radius 3 is 2.58 bits per heavy atom. The summed E-state index contributed by atoms with van der Waals surface area (Å²) in [7, 11) is 1.96. The van der Waals surface area contributed by atoms with Gasteiger partial charge in [-0.05, 0) is 55.9 Å². The number of likely N-dealkylation sites (tertiary alicyclic amines) is 1. The SMILES string of the molecule is CNCC1CCN(C(=O)c2ccccc2NC(=O)c2ccsc2)CC1.Cl. The molecule has 1 aromatic carbocycles. The highest BCUT2D eigenvalue weighted by atomic mass is 35.5. The zero-order chi connectivity index (χ0) is 17.6. The molecule has 26 heavy (non-hydrogen) atoms. The van der Waals surface area contributed by atoms with Gasteiger partial charge < -0.3 is 15.5 Å². The first-order valence-electron chi connectivity index (χ1n) is 8.55. The van der Waals surface area contributed by atoms with E-state index < -0.39 is 0 Å². The highest BCUT2D eigenvalue weighted by Gasteiger charge is 2.25. The van der Waals surface area contributed by atoms with Crippen molar-refractivity contribution in [3.05, 3.63) is 52.2 Å². The normalized spacial score (nSPS) is 14.6. The topological polar surface area (TPSA) is 61.4 Å². The molecule has 2 N–H and O–H groups in total. The van der Waals surface area contributed by atoms with E-state index in [0.717, 1.165) is 32.5 Å². The number of benzene rings is 1. The Balaban J connectivity index is 0.00000243. The van der Waals surface area contributed by atoms with E-state index >= 15 is 0 Å². The number of thiophene rings is 1. The third-order valence-electron chi connectivity index (χ3n) is 4.58. The molecule has 1 aromatic heterocycles. The lowest BCUT2D eigenvalue weighted by Crippen LogP contribution is -2.40. The smallest absolute Gasteiger partial charge is 0.256 e. The molecule has 1 saturated heterocycles. The van der Waals surface area contributed by atoms with Gasteiger partial charge in [0.25, 0.3) is 11.8 Å². The summed E-state index contributed by atoms with van der Waals surface area (Å²) in [5.74, 6) is 0.431. The molecule has 0 spiro atoms. The maximum Gasteiger partial charge on any atom is 0.256 e. The van der Waals surface area contributed by atoms with Crippen LogP contribution >= 0.6 is 23.7 Å². The van der Waals surface area contributed by atoms with Crippen molar-refractivity contribution in [3.63, 3.8) is 0 Å². The molecule has 5 nitrogen and oxygen atoms in total. The number of amides is 2. The summed E-state index contributed by atoms with van der Waals surface area (Å²) < 4.78 is 0. The minimum absolute atomic E-state index is 0. The Kier molecular flexibility index (Phi) is 7.63. The van der Waals surface area contributed by atoms with Crippen LogP contribution in [0.1, 0.15) is 33.6 Å². The fourth-order valence-corrected chi connectivity index (χ4v) is 3.80. The number of nitrogens with zero attached hydrogens (tertiary/aromatic N) is 1. The third kappa shape index (κ3) is 4.84. The minimum Gasteiger partial charge on any atom is -0.339 e. The summed E-state index contributed by atoms with van der Waals surface area (Å²) in [4.78, 5) is 27.1. The van der Waals surface area contributed by atoms with Gasteiger partial charge in [0.1, 0.15) is 0 Å². The van der Waals surface area contributed by atoms with Crippen molar-refractivity contribution in [1.82, 2.24) is 10.2 Å². The summed E-state index contributed by atoms with van der Waals surface area (Å²) in [5.41, 5.74) is 1.74. The van der Waals surface area contributed by atoms with E-state index in [1.54, 1.807) is 23.6 Å². The van der Waals surface area contributed by atoms with Crippen molar-refractivity contribution in [2.75, 3.05) is 32.0 Å². The molecule has 1 aliphatic rings. The second kappa shape index (κ2) is 9.71. The van der Waals surface area contributed by atoms with Gasteiger partial charge in [-0.3, -0.25) is 9.59 Å². The molecular formula is C19H24ClN3O2S. The Morgan fingerprint density at radius 1 is 1.19 bits per heavy atom. The maximum atomic E-state index is 12.9. The predicted octanol–water partition coefficient (Wildman–Crippen LogP) is 3.49. The van der Waals surface area contributed by atoms with Crippen molar-refractivity contribution in [1.29, 1.82) is 0 Å². The number of piperidine rings is 1. The van der Waals surface area contributed by atoms with Crippen LogP contribution in [0, 0.1) is 5.92 Å². The summed E-state index contributed by atoms with van der Waals surface area (Å²) >= 11 is 1.47. The van der Waals surface area contributed by atoms with E-state index in [1.807, 2.05) is 29.5 Å². The molecule has 2 aromatic rings. The van der Waals surface area contributed by atoms with Crippen LogP contribution in [0.3, 0.4) is 0 Å². The summed E-state index contributed by atoms with van der Waals surface area (Å²) in [6, 6.07) is 9.01. The quantitative estimate of drug-likeness (QED) is 0.817.